The summed E-state index contributed by atoms with van der Waals surface area (Å²) in [5.74, 6) is 0.787. The van der Waals surface area contributed by atoms with Crippen molar-refractivity contribution in [3.05, 3.63) is 22.4 Å². The van der Waals surface area contributed by atoms with Gasteiger partial charge in [-0.2, -0.15) is 0 Å². The van der Waals surface area contributed by atoms with Crippen LogP contribution in [0.1, 0.15) is 49.1 Å². The molecule has 17 heavy (non-hydrogen) atoms. The second kappa shape index (κ2) is 4.16. The number of hydrogen-bond donors (Lipinski definition) is 1. The van der Waals surface area contributed by atoms with Gasteiger partial charge in [0.1, 0.15) is 5.69 Å². The summed E-state index contributed by atoms with van der Waals surface area (Å²) in [4.78, 5) is 12.2. The first-order chi connectivity index (χ1) is 8.19. The Morgan fingerprint density at radius 3 is 2.94 bits per heavy atom. The van der Waals surface area contributed by atoms with Crippen molar-refractivity contribution in [2.45, 2.75) is 44.7 Å². The van der Waals surface area contributed by atoms with Crippen LogP contribution < -0.4 is 5.32 Å². The quantitative estimate of drug-likeness (QED) is 0.910. The molecule has 0 saturated heterocycles. The van der Waals surface area contributed by atoms with E-state index in [9.17, 15) is 4.79 Å². The van der Waals surface area contributed by atoms with E-state index in [1.165, 1.54) is 12.8 Å². The number of nitrogens with one attached hydrogen (secondary N) is 1. The highest BCUT2D eigenvalue weighted by Crippen LogP contribution is 2.38. The molecule has 2 unspecified atom stereocenters. The lowest BCUT2D eigenvalue weighted by molar-refractivity contribution is 0.0939. The van der Waals surface area contributed by atoms with Gasteiger partial charge in [-0.05, 0) is 47.2 Å². The topological polar surface area (TPSA) is 34.0 Å². The van der Waals surface area contributed by atoms with Crippen LogP contribution in [0.2, 0.25) is 0 Å². The van der Waals surface area contributed by atoms with E-state index in [1.807, 2.05) is 12.3 Å². The van der Waals surface area contributed by atoms with Crippen LogP contribution in [0.5, 0.6) is 0 Å². The van der Waals surface area contributed by atoms with Gasteiger partial charge in [0, 0.05) is 22.8 Å². The first-order valence-electron chi connectivity index (χ1n) is 6.37. The molecular formula is C13H17BrN2O. The van der Waals surface area contributed by atoms with Crippen LogP contribution in [-0.4, -0.2) is 16.5 Å². The summed E-state index contributed by atoms with van der Waals surface area (Å²) in [6.45, 7) is 2.18. The highest BCUT2D eigenvalue weighted by Gasteiger charge is 2.37. The lowest BCUT2D eigenvalue weighted by Gasteiger charge is -2.08. The van der Waals surface area contributed by atoms with Crippen molar-refractivity contribution < 1.29 is 4.79 Å². The molecule has 3 nitrogen and oxygen atoms in total. The number of nitrogens with zero attached hydrogens (tertiary/aromatic N) is 1. The molecule has 0 radical (unpaired) electrons. The maximum atomic E-state index is 12.2. The normalized spacial score (nSPS) is 26.9. The van der Waals surface area contributed by atoms with E-state index in [2.05, 4.69) is 32.7 Å². The molecule has 1 amide bonds. The summed E-state index contributed by atoms with van der Waals surface area (Å²) in [5.41, 5.74) is 0.807. The first-order valence-corrected chi connectivity index (χ1v) is 7.16. The molecule has 1 N–H and O–H groups in total. The van der Waals surface area contributed by atoms with Gasteiger partial charge in [-0.25, -0.2) is 0 Å². The molecule has 0 spiro atoms. The fourth-order valence-electron chi connectivity index (χ4n) is 2.40. The van der Waals surface area contributed by atoms with Gasteiger partial charge in [0.15, 0.2) is 0 Å². The Hall–Kier alpha value is -0.770. The minimum absolute atomic E-state index is 0.0866. The summed E-state index contributed by atoms with van der Waals surface area (Å²) in [6, 6.07) is 2.88. The predicted molar refractivity (Wildman–Crippen MR) is 70.1 cm³/mol. The number of carbonyl (C=O) groups is 1. The van der Waals surface area contributed by atoms with Crippen molar-refractivity contribution in [3.8, 4) is 0 Å². The van der Waals surface area contributed by atoms with Gasteiger partial charge in [-0.3, -0.25) is 4.79 Å². The molecule has 4 heteroatoms. The molecule has 2 aliphatic carbocycles. The highest BCUT2D eigenvalue weighted by atomic mass is 79.9. The van der Waals surface area contributed by atoms with Gasteiger partial charge in [0.25, 0.3) is 5.91 Å². The number of carbonyl (C=O) groups excluding carboxylic acids is 1. The van der Waals surface area contributed by atoms with Gasteiger partial charge in [0.05, 0.1) is 0 Å². The minimum atomic E-state index is 0.0866. The van der Waals surface area contributed by atoms with Crippen molar-refractivity contribution >= 4 is 21.8 Å². The largest absolute Gasteiger partial charge is 0.348 e. The monoisotopic (exact) mass is 296 g/mol. The predicted octanol–water partition coefficient (Wildman–Crippen LogP) is 3.11. The van der Waals surface area contributed by atoms with Crippen molar-refractivity contribution in [2.75, 3.05) is 0 Å². The van der Waals surface area contributed by atoms with E-state index >= 15 is 0 Å². The number of rotatable bonds is 4. The Labute approximate surface area is 110 Å². The van der Waals surface area contributed by atoms with Crippen molar-refractivity contribution in [1.29, 1.82) is 0 Å². The molecule has 1 aromatic rings. The Morgan fingerprint density at radius 1 is 1.59 bits per heavy atom. The van der Waals surface area contributed by atoms with Crippen LogP contribution in [0.25, 0.3) is 0 Å². The second-order valence-corrected chi connectivity index (χ2v) is 6.08. The Balaban J connectivity index is 1.72. The lowest BCUT2D eigenvalue weighted by atomic mass is 10.3. The second-order valence-electron chi connectivity index (χ2n) is 5.17. The molecule has 92 valence electrons. The molecule has 1 heterocycles. The van der Waals surface area contributed by atoms with Crippen LogP contribution in [0.4, 0.5) is 0 Å². The number of aromatic nitrogens is 1. The summed E-state index contributed by atoms with van der Waals surface area (Å²) >= 11 is 3.45. The van der Waals surface area contributed by atoms with Crippen LogP contribution in [0.15, 0.2) is 16.7 Å². The van der Waals surface area contributed by atoms with E-state index in [0.29, 0.717) is 18.0 Å². The molecular weight excluding hydrogens is 280 g/mol. The zero-order valence-electron chi connectivity index (χ0n) is 9.95. The lowest BCUT2D eigenvalue weighted by Crippen LogP contribution is -2.28. The number of halogens is 1. The number of amides is 1. The average molecular weight is 297 g/mol. The third kappa shape index (κ3) is 2.28. The van der Waals surface area contributed by atoms with Gasteiger partial charge >= 0.3 is 0 Å². The Morgan fingerprint density at radius 2 is 2.35 bits per heavy atom. The standard InChI is InChI=1S/C13H17BrN2O/c1-2-8-5-11(8)15-13(17)12-6-9(14)7-16(12)10-3-4-10/h6-8,10-11H,2-5H2,1H3,(H,15,17). The molecule has 2 saturated carbocycles. The molecule has 2 aliphatic rings. The van der Waals surface area contributed by atoms with E-state index in [4.69, 9.17) is 0 Å². The SMILES string of the molecule is CCC1CC1NC(=O)c1cc(Br)cn1C1CC1. The Kier molecular flexibility index (Phi) is 2.77. The maximum absolute atomic E-state index is 12.2. The summed E-state index contributed by atoms with van der Waals surface area (Å²) in [6.07, 6.45) is 6.73. The fraction of sp³-hybridized carbons (Fsp3) is 0.615. The van der Waals surface area contributed by atoms with Crippen LogP contribution in [0, 0.1) is 5.92 Å². The molecule has 2 atom stereocenters. The first kappa shape index (κ1) is 11.3. The van der Waals surface area contributed by atoms with Crippen LogP contribution in [-0.2, 0) is 0 Å². The zero-order valence-corrected chi connectivity index (χ0v) is 11.5. The summed E-state index contributed by atoms with van der Waals surface area (Å²) in [5, 5.41) is 3.13. The molecule has 3 rings (SSSR count). The van der Waals surface area contributed by atoms with Crippen molar-refractivity contribution in [2.24, 2.45) is 5.92 Å². The van der Waals surface area contributed by atoms with Crippen molar-refractivity contribution in [1.82, 2.24) is 9.88 Å². The van der Waals surface area contributed by atoms with E-state index in [-0.39, 0.29) is 5.91 Å². The molecule has 2 fully saturated rings. The smallest absolute Gasteiger partial charge is 0.268 e. The fourth-order valence-corrected chi connectivity index (χ4v) is 2.84. The maximum Gasteiger partial charge on any atom is 0.268 e. The van der Waals surface area contributed by atoms with Crippen LogP contribution >= 0.6 is 15.9 Å². The molecule has 0 bridgehead atoms. The Bertz CT molecular complexity index is 450. The zero-order chi connectivity index (χ0) is 12.0. The summed E-state index contributed by atoms with van der Waals surface area (Å²) < 4.78 is 3.11. The average Bonchev–Trinajstić information content (AvgIpc) is 3.19. The third-order valence-corrected chi connectivity index (χ3v) is 4.19. The van der Waals surface area contributed by atoms with E-state index in [1.54, 1.807) is 0 Å². The molecule has 0 aromatic carbocycles. The molecule has 0 aliphatic heterocycles. The number of hydrogen-bond acceptors (Lipinski definition) is 1. The molecule has 1 aromatic heterocycles. The van der Waals surface area contributed by atoms with E-state index < -0.39 is 0 Å². The van der Waals surface area contributed by atoms with Gasteiger partial charge in [-0.1, -0.05) is 13.3 Å². The van der Waals surface area contributed by atoms with E-state index in [0.717, 1.165) is 23.0 Å². The van der Waals surface area contributed by atoms with Crippen molar-refractivity contribution in [3.63, 3.8) is 0 Å². The highest BCUT2D eigenvalue weighted by molar-refractivity contribution is 9.10. The van der Waals surface area contributed by atoms with Crippen LogP contribution in [0.3, 0.4) is 0 Å². The minimum Gasteiger partial charge on any atom is -0.348 e. The summed E-state index contributed by atoms with van der Waals surface area (Å²) in [7, 11) is 0. The third-order valence-electron chi connectivity index (χ3n) is 3.75. The van der Waals surface area contributed by atoms with Gasteiger partial charge in [0.2, 0.25) is 0 Å². The van der Waals surface area contributed by atoms with Gasteiger partial charge < -0.3 is 9.88 Å². The van der Waals surface area contributed by atoms with Gasteiger partial charge in [-0.15, -0.1) is 0 Å².